The standard InChI is InChI=1S/C17H31NO/c1-17(2,3)14(8-9-18)6-7-16(19)15-11-12-4-5-13(15)10-12/h12-15H,4-11,18H2,1-3H3. The summed E-state index contributed by atoms with van der Waals surface area (Å²) < 4.78 is 0. The molecular formula is C17H31NO. The highest BCUT2D eigenvalue weighted by Crippen LogP contribution is 2.49. The molecule has 2 fully saturated rings. The molecule has 4 unspecified atom stereocenters. The number of fused-ring (bicyclic) bond motifs is 2. The van der Waals surface area contributed by atoms with Gasteiger partial charge in [0.25, 0.3) is 0 Å². The predicted molar refractivity (Wildman–Crippen MR) is 79.8 cm³/mol. The molecule has 2 N–H and O–H groups in total. The van der Waals surface area contributed by atoms with E-state index in [1.807, 2.05) is 0 Å². The molecule has 0 aromatic heterocycles. The molecule has 2 aliphatic carbocycles. The zero-order valence-electron chi connectivity index (χ0n) is 13.0. The zero-order valence-corrected chi connectivity index (χ0v) is 13.0. The molecule has 0 heterocycles. The molecule has 19 heavy (non-hydrogen) atoms. The van der Waals surface area contributed by atoms with E-state index < -0.39 is 0 Å². The van der Waals surface area contributed by atoms with Gasteiger partial charge in [0.2, 0.25) is 0 Å². The topological polar surface area (TPSA) is 43.1 Å². The van der Waals surface area contributed by atoms with E-state index in [1.165, 1.54) is 25.7 Å². The van der Waals surface area contributed by atoms with Crippen molar-refractivity contribution in [2.24, 2.45) is 34.8 Å². The van der Waals surface area contributed by atoms with Crippen LogP contribution in [0.4, 0.5) is 0 Å². The number of nitrogens with two attached hydrogens (primary N) is 1. The number of hydrogen-bond acceptors (Lipinski definition) is 2. The van der Waals surface area contributed by atoms with Gasteiger partial charge < -0.3 is 5.73 Å². The zero-order chi connectivity index (χ0) is 14.0. The van der Waals surface area contributed by atoms with Crippen LogP contribution in [0, 0.1) is 29.1 Å². The SMILES string of the molecule is CC(C)(C)C(CCN)CCC(=O)C1CC2CCC1C2. The molecule has 0 amide bonds. The smallest absolute Gasteiger partial charge is 0.136 e. The van der Waals surface area contributed by atoms with E-state index in [0.29, 0.717) is 17.6 Å². The van der Waals surface area contributed by atoms with Gasteiger partial charge >= 0.3 is 0 Å². The summed E-state index contributed by atoms with van der Waals surface area (Å²) in [7, 11) is 0. The van der Waals surface area contributed by atoms with Crippen LogP contribution in [-0.4, -0.2) is 12.3 Å². The van der Waals surface area contributed by atoms with Gasteiger partial charge in [-0.25, -0.2) is 0 Å². The molecule has 4 atom stereocenters. The molecule has 2 saturated carbocycles. The Balaban J connectivity index is 1.82. The summed E-state index contributed by atoms with van der Waals surface area (Å²) in [5.74, 6) is 3.16. The maximum Gasteiger partial charge on any atom is 0.136 e. The van der Waals surface area contributed by atoms with E-state index in [9.17, 15) is 4.79 Å². The van der Waals surface area contributed by atoms with E-state index in [2.05, 4.69) is 20.8 Å². The molecule has 0 spiro atoms. The van der Waals surface area contributed by atoms with E-state index in [0.717, 1.165) is 37.6 Å². The Morgan fingerprint density at radius 1 is 1.21 bits per heavy atom. The van der Waals surface area contributed by atoms with Crippen LogP contribution in [0.2, 0.25) is 0 Å². The summed E-state index contributed by atoms with van der Waals surface area (Å²) in [6, 6.07) is 0. The first-order chi connectivity index (χ1) is 8.91. The van der Waals surface area contributed by atoms with Gasteiger partial charge in [0.05, 0.1) is 0 Å². The third-order valence-electron chi connectivity index (χ3n) is 5.63. The highest BCUT2D eigenvalue weighted by Gasteiger charge is 2.42. The number of carbonyl (C=O) groups excluding carboxylic acids is 1. The lowest BCUT2D eigenvalue weighted by molar-refractivity contribution is -0.124. The second-order valence-electron chi connectivity index (χ2n) is 7.93. The number of hydrogen-bond donors (Lipinski definition) is 1. The van der Waals surface area contributed by atoms with Gasteiger partial charge in [0, 0.05) is 12.3 Å². The van der Waals surface area contributed by atoms with Gasteiger partial charge in [0.15, 0.2) is 0 Å². The second-order valence-corrected chi connectivity index (χ2v) is 7.93. The maximum atomic E-state index is 12.4. The van der Waals surface area contributed by atoms with E-state index in [1.54, 1.807) is 0 Å². The van der Waals surface area contributed by atoms with Crippen LogP contribution < -0.4 is 5.73 Å². The van der Waals surface area contributed by atoms with Crippen LogP contribution in [0.3, 0.4) is 0 Å². The minimum atomic E-state index is 0.272. The van der Waals surface area contributed by atoms with Crippen molar-refractivity contribution < 1.29 is 4.79 Å². The lowest BCUT2D eigenvalue weighted by Gasteiger charge is -2.31. The van der Waals surface area contributed by atoms with Crippen molar-refractivity contribution >= 4 is 5.78 Å². The molecule has 0 saturated heterocycles. The Morgan fingerprint density at radius 3 is 2.42 bits per heavy atom. The average molecular weight is 265 g/mol. The molecule has 0 aromatic rings. The van der Waals surface area contributed by atoms with Crippen LogP contribution in [0.1, 0.15) is 65.7 Å². The average Bonchev–Trinajstić information content (AvgIpc) is 2.94. The summed E-state index contributed by atoms with van der Waals surface area (Å²) >= 11 is 0. The number of rotatable bonds is 6. The summed E-state index contributed by atoms with van der Waals surface area (Å²) in [5, 5.41) is 0. The van der Waals surface area contributed by atoms with E-state index >= 15 is 0 Å². The van der Waals surface area contributed by atoms with Crippen molar-refractivity contribution in [2.45, 2.75) is 65.7 Å². The van der Waals surface area contributed by atoms with Gasteiger partial charge in [-0.2, -0.15) is 0 Å². The predicted octanol–water partition coefficient (Wildman–Crippen LogP) is 3.78. The van der Waals surface area contributed by atoms with Crippen molar-refractivity contribution in [1.29, 1.82) is 0 Å². The first-order valence-electron chi connectivity index (χ1n) is 8.14. The highest BCUT2D eigenvalue weighted by molar-refractivity contribution is 5.81. The molecule has 0 aromatic carbocycles. The molecule has 2 nitrogen and oxygen atoms in total. The largest absolute Gasteiger partial charge is 0.330 e. The summed E-state index contributed by atoms with van der Waals surface area (Å²) in [4.78, 5) is 12.4. The fraction of sp³-hybridized carbons (Fsp3) is 0.941. The van der Waals surface area contributed by atoms with Gasteiger partial charge in [0.1, 0.15) is 5.78 Å². The normalized spacial score (nSPS) is 31.7. The number of carbonyl (C=O) groups is 1. The lowest BCUT2D eigenvalue weighted by atomic mass is 9.74. The van der Waals surface area contributed by atoms with Gasteiger partial charge in [-0.1, -0.05) is 27.2 Å². The summed E-state index contributed by atoms with van der Waals surface area (Å²) in [5.41, 5.74) is 5.99. The Morgan fingerprint density at radius 2 is 1.95 bits per heavy atom. The Hall–Kier alpha value is -0.370. The molecule has 110 valence electrons. The maximum absolute atomic E-state index is 12.4. The minimum absolute atomic E-state index is 0.272. The molecular weight excluding hydrogens is 234 g/mol. The molecule has 0 radical (unpaired) electrons. The fourth-order valence-electron chi connectivity index (χ4n) is 4.35. The Labute approximate surface area is 118 Å². The first kappa shape index (κ1) is 15.0. The van der Waals surface area contributed by atoms with Crippen molar-refractivity contribution in [3.63, 3.8) is 0 Å². The van der Waals surface area contributed by atoms with Crippen molar-refractivity contribution in [2.75, 3.05) is 6.54 Å². The highest BCUT2D eigenvalue weighted by atomic mass is 16.1. The van der Waals surface area contributed by atoms with Crippen LogP contribution in [-0.2, 0) is 4.79 Å². The Bertz CT molecular complexity index is 318. The quantitative estimate of drug-likeness (QED) is 0.794. The monoisotopic (exact) mass is 265 g/mol. The first-order valence-corrected chi connectivity index (χ1v) is 8.14. The second kappa shape index (κ2) is 5.95. The summed E-state index contributed by atoms with van der Waals surface area (Å²) in [6.45, 7) is 7.56. The van der Waals surface area contributed by atoms with Crippen LogP contribution in [0.15, 0.2) is 0 Å². The van der Waals surface area contributed by atoms with E-state index in [4.69, 9.17) is 5.73 Å². The minimum Gasteiger partial charge on any atom is -0.330 e. The van der Waals surface area contributed by atoms with Gasteiger partial charge in [-0.05, 0) is 61.8 Å². The van der Waals surface area contributed by atoms with Crippen molar-refractivity contribution in [1.82, 2.24) is 0 Å². The van der Waals surface area contributed by atoms with Gasteiger partial charge in [-0.3, -0.25) is 4.79 Å². The number of Topliss-reactive ketones (excluding diaryl/α,β-unsaturated/α-hetero) is 1. The lowest BCUT2D eigenvalue weighted by Crippen LogP contribution is -2.26. The third-order valence-corrected chi connectivity index (χ3v) is 5.63. The third kappa shape index (κ3) is 3.59. The number of ketones is 1. The van der Waals surface area contributed by atoms with Crippen LogP contribution in [0.5, 0.6) is 0 Å². The van der Waals surface area contributed by atoms with Gasteiger partial charge in [-0.15, -0.1) is 0 Å². The Kier molecular flexibility index (Phi) is 4.70. The van der Waals surface area contributed by atoms with Crippen LogP contribution >= 0.6 is 0 Å². The summed E-state index contributed by atoms with van der Waals surface area (Å²) in [6.07, 6.45) is 8.10. The molecule has 2 rings (SSSR count). The van der Waals surface area contributed by atoms with Crippen LogP contribution in [0.25, 0.3) is 0 Å². The van der Waals surface area contributed by atoms with Crippen molar-refractivity contribution in [3.05, 3.63) is 0 Å². The molecule has 0 aliphatic heterocycles. The van der Waals surface area contributed by atoms with E-state index in [-0.39, 0.29) is 5.41 Å². The molecule has 2 bridgehead atoms. The molecule has 2 aliphatic rings. The van der Waals surface area contributed by atoms with Crippen molar-refractivity contribution in [3.8, 4) is 0 Å². The molecule has 2 heteroatoms. The fourth-order valence-corrected chi connectivity index (χ4v) is 4.35.